The molecule has 3 rings (SSSR count). The van der Waals surface area contributed by atoms with E-state index in [0.717, 1.165) is 38.3 Å². The fourth-order valence-corrected chi connectivity index (χ4v) is 5.28. The standard InChI is InChI=1S/C23H26Br2O4/c1-27-21-10-9-18(14-17(21)8-7-15-5-3-4-6-15)29-23-19(24)11-16(12-20(23)25)13-22(26)28-2/h9-12,14-15H,3-8,13H2,1-2H3. The molecule has 0 aliphatic heterocycles. The Morgan fingerprint density at radius 3 is 2.38 bits per heavy atom. The van der Waals surface area contributed by atoms with Crippen molar-refractivity contribution in [2.75, 3.05) is 14.2 Å². The summed E-state index contributed by atoms with van der Waals surface area (Å²) in [7, 11) is 3.10. The Kier molecular flexibility index (Phi) is 8.01. The third-order valence-electron chi connectivity index (χ3n) is 5.40. The van der Waals surface area contributed by atoms with E-state index in [-0.39, 0.29) is 12.4 Å². The van der Waals surface area contributed by atoms with Gasteiger partial charge < -0.3 is 14.2 Å². The number of halogens is 2. The fourth-order valence-electron chi connectivity index (χ4n) is 3.84. The van der Waals surface area contributed by atoms with Crippen molar-refractivity contribution in [3.8, 4) is 17.2 Å². The van der Waals surface area contributed by atoms with Gasteiger partial charge in [0.05, 0.1) is 29.6 Å². The van der Waals surface area contributed by atoms with Gasteiger partial charge >= 0.3 is 5.97 Å². The number of hydrogen-bond acceptors (Lipinski definition) is 4. The second-order valence-corrected chi connectivity index (χ2v) is 9.12. The summed E-state index contributed by atoms with van der Waals surface area (Å²) in [5.74, 6) is 2.89. The normalized spacial score (nSPS) is 14.1. The molecule has 0 aromatic heterocycles. The molecule has 1 aliphatic carbocycles. The van der Waals surface area contributed by atoms with Gasteiger partial charge in [0.2, 0.25) is 0 Å². The second-order valence-electron chi connectivity index (χ2n) is 7.41. The number of hydrogen-bond donors (Lipinski definition) is 0. The lowest BCUT2D eigenvalue weighted by atomic mass is 9.97. The van der Waals surface area contributed by atoms with Crippen molar-refractivity contribution >= 4 is 37.8 Å². The molecule has 0 radical (unpaired) electrons. The highest BCUT2D eigenvalue weighted by Crippen LogP contribution is 2.39. The Hall–Kier alpha value is -1.53. The van der Waals surface area contributed by atoms with E-state index < -0.39 is 0 Å². The van der Waals surface area contributed by atoms with Crippen LogP contribution >= 0.6 is 31.9 Å². The maximum Gasteiger partial charge on any atom is 0.309 e. The largest absolute Gasteiger partial charge is 0.496 e. The molecule has 156 valence electrons. The quantitative estimate of drug-likeness (QED) is 0.353. The lowest BCUT2D eigenvalue weighted by Gasteiger charge is -2.15. The molecular formula is C23H26Br2O4. The van der Waals surface area contributed by atoms with Crippen LogP contribution in [-0.4, -0.2) is 20.2 Å². The van der Waals surface area contributed by atoms with E-state index in [0.29, 0.717) is 5.75 Å². The van der Waals surface area contributed by atoms with Gasteiger partial charge in [-0.2, -0.15) is 0 Å². The van der Waals surface area contributed by atoms with Crippen LogP contribution in [0.5, 0.6) is 17.2 Å². The van der Waals surface area contributed by atoms with Gasteiger partial charge in [-0.1, -0.05) is 25.7 Å². The molecule has 0 spiro atoms. The summed E-state index contributed by atoms with van der Waals surface area (Å²) in [6.45, 7) is 0. The van der Waals surface area contributed by atoms with Gasteiger partial charge in [-0.15, -0.1) is 0 Å². The minimum absolute atomic E-state index is 0.210. The lowest BCUT2D eigenvalue weighted by molar-refractivity contribution is -0.139. The minimum atomic E-state index is -0.278. The Morgan fingerprint density at radius 2 is 1.76 bits per heavy atom. The van der Waals surface area contributed by atoms with Crippen LogP contribution in [0.4, 0.5) is 0 Å². The number of rotatable bonds is 8. The summed E-state index contributed by atoms with van der Waals surface area (Å²) in [6, 6.07) is 9.70. The van der Waals surface area contributed by atoms with Crippen LogP contribution in [0, 0.1) is 5.92 Å². The molecule has 1 aliphatic rings. The number of ether oxygens (including phenoxy) is 3. The van der Waals surface area contributed by atoms with Gasteiger partial charge in [-0.25, -0.2) is 0 Å². The lowest BCUT2D eigenvalue weighted by Crippen LogP contribution is -2.04. The molecule has 0 atom stereocenters. The highest BCUT2D eigenvalue weighted by molar-refractivity contribution is 9.11. The number of benzene rings is 2. The van der Waals surface area contributed by atoms with Gasteiger partial charge in [0, 0.05) is 0 Å². The second kappa shape index (κ2) is 10.5. The van der Waals surface area contributed by atoms with E-state index in [2.05, 4.69) is 37.9 Å². The zero-order chi connectivity index (χ0) is 20.8. The molecule has 1 saturated carbocycles. The number of carbonyl (C=O) groups excluding carboxylic acids is 1. The first-order valence-electron chi connectivity index (χ1n) is 9.89. The first-order chi connectivity index (χ1) is 14.0. The minimum Gasteiger partial charge on any atom is -0.496 e. The van der Waals surface area contributed by atoms with E-state index in [1.54, 1.807) is 7.11 Å². The van der Waals surface area contributed by atoms with Gasteiger partial charge in [0.1, 0.15) is 11.5 Å². The maximum atomic E-state index is 11.5. The Labute approximate surface area is 189 Å². The van der Waals surface area contributed by atoms with E-state index >= 15 is 0 Å². The summed E-state index contributed by atoms with van der Waals surface area (Å²) in [5.41, 5.74) is 2.02. The topological polar surface area (TPSA) is 44.8 Å². The average molecular weight is 526 g/mol. The number of aryl methyl sites for hydroxylation is 1. The molecule has 0 saturated heterocycles. The summed E-state index contributed by atoms with van der Waals surface area (Å²) in [4.78, 5) is 11.5. The molecule has 0 bridgehead atoms. The zero-order valence-electron chi connectivity index (χ0n) is 16.8. The highest BCUT2D eigenvalue weighted by atomic mass is 79.9. The van der Waals surface area contributed by atoms with Crippen molar-refractivity contribution in [3.63, 3.8) is 0 Å². The van der Waals surface area contributed by atoms with E-state index in [4.69, 9.17) is 14.2 Å². The van der Waals surface area contributed by atoms with Crippen LogP contribution in [0.3, 0.4) is 0 Å². The average Bonchev–Trinajstić information content (AvgIpc) is 3.23. The van der Waals surface area contributed by atoms with Crippen LogP contribution in [0.25, 0.3) is 0 Å². The van der Waals surface area contributed by atoms with Crippen LogP contribution in [0.1, 0.15) is 43.2 Å². The summed E-state index contributed by atoms with van der Waals surface area (Å²) in [6.07, 6.45) is 7.80. The van der Waals surface area contributed by atoms with Crippen LogP contribution in [-0.2, 0) is 22.4 Å². The van der Waals surface area contributed by atoms with Crippen LogP contribution in [0.2, 0.25) is 0 Å². The molecule has 6 heteroatoms. The SMILES string of the molecule is COC(=O)Cc1cc(Br)c(Oc2ccc(OC)c(CCC3CCCC3)c2)c(Br)c1. The van der Waals surface area contributed by atoms with Crippen molar-refractivity contribution < 1.29 is 19.0 Å². The van der Waals surface area contributed by atoms with Crippen LogP contribution < -0.4 is 9.47 Å². The monoisotopic (exact) mass is 524 g/mol. The molecule has 0 N–H and O–H groups in total. The molecule has 2 aromatic rings. The maximum absolute atomic E-state index is 11.5. The Balaban J connectivity index is 1.76. The van der Waals surface area contributed by atoms with Gasteiger partial charge in [0.25, 0.3) is 0 Å². The molecule has 0 unspecified atom stereocenters. The predicted molar refractivity (Wildman–Crippen MR) is 121 cm³/mol. The third kappa shape index (κ3) is 5.98. The van der Waals surface area contributed by atoms with Gasteiger partial charge in [-0.05, 0) is 92.1 Å². The molecular weight excluding hydrogens is 500 g/mol. The van der Waals surface area contributed by atoms with Crippen molar-refractivity contribution in [1.82, 2.24) is 0 Å². The zero-order valence-corrected chi connectivity index (χ0v) is 20.0. The molecule has 2 aromatic carbocycles. The molecule has 0 amide bonds. The van der Waals surface area contributed by atoms with Gasteiger partial charge in [0.15, 0.2) is 5.75 Å². The smallest absolute Gasteiger partial charge is 0.309 e. The Bertz CT molecular complexity index is 837. The van der Waals surface area contributed by atoms with E-state index in [1.807, 2.05) is 24.3 Å². The summed E-state index contributed by atoms with van der Waals surface area (Å²) >= 11 is 7.12. The number of carbonyl (C=O) groups is 1. The Morgan fingerprint density at radius 1 is 1.07 bits per heavy atom. The van der Waals surface area contributed by atoms with Crippen molar-refractivity contribution in [1.29, 1.82) is 0 Å². The van der Waals surface area contributed by atoms with E-state index in [9.17, 15) is 4.79 Å². The van der Waals surface area contributed by atoms with Crippen molar-refractivity contribution in [2.45, 2.75) is 44.9 Å². The number of esters is 1. The molecule has 4 nitrogen and oxygen atoms in total. The van der Waals surface area contributed by atoms with Crippen molar-refractivity contribution in [3.05, 3.63) is 50.4 Å². The number of methoxy groups -OCH3 is 2. The predicted octanol–water partition coefficient (Wildman–Crippen LogP) is 6.85. The summed E-state index contributed by atoms with van der Waals surface area (Å²) < 4.78 is 18.0. The van der Waals surface area contributed by atoms with Gasteiger partial charge in [-0.3, -0.25) is 4.79 Å². The highest BCUT2D eigenvalue weighted by Gasteiger charge is 2.17. The van der Waals surface area contributed by atoms with Crippen LogP contribution in [0.15, 0.2) is 39.3 Å². The fraction of sp³-hybridized carbons (Fsp3) is 0.435. The third-order valence-corrected chi connectivity index (χ3v) is 6.58. The van der Waals surface area contributed by atoms with Crippen molar-refractivity contribution in [2.24, 2.45) is 5.92 Å². The molecule has 29 heavy (non-hydrogen) atoms. The molecule has 1 fully saturated rings. The molecule has 0 heterocycles. The first-order valence-corrected chi connectivity index (χ1v) is 11.5. The summed E-state index contributed by atoms with van der Waals surface area (Å²) in [5, 5.41) is 0. The van der Waals surface area contributed by atoms with E-state index in [1.165, 1.54) is 44.8 Å². The first kappa shape index (κ1) is 22.2.